The molecule has 0 spiro atoms. The third-order valence-corrected chi connectivity index (χ3v) is 3.13. The molecule has 1 unspecified atom stereocenters. The number of ether oxygens (including phenoxy) is 1. The number of carbonyl (C=O) groups is 1. The molecule has 1 atom stereocenters. The number of likely N-dealkylation sites (tertiary alicyclic amines) is 1. The van der Waals surface area contributed by atoms with Crippen molar-refractivity contribution < 1.29 is 9.53 Å². The Hall–Kier alpha value is -0.770. The Labute approximate surface area is 104 Å². The summed E-state index contributed by atoms with van der Waals surface area (Å²) in [5.41, 5.74) is 5.46. The lowest BCUT2D eigenvalue weighted by atomic mass is 9.82. The fourth-order valence-corrected chi connectivity index (χ4v) is 2.08. The molecule has 0 aromatic heterocycles. The number of rotatable bonds is 1. The van der Waals surface area contributed by atoms with Crippen molar-refractivity contribution in [2.24, 2.45) is 11.7 Å². The van der Waals surface area contributed by atoms with Crippen LogP contribution in [0.4, 0.5) is 4.79 Å². The summed E-state index contributed by atoms with van der Waals surface area (Å²) in [6.45, 7) is 11.2. The van der Waals surface area contributed by atoms with E-state index in [4.69, 9.17) is 10.5 Å². The zero-order valence-corrected chi connectivity index (χ0v) is 11.7. The van der Waals surface area contributed by atoms with E-state index in [1.807, 2.05) is 34.6 Å². The van der Waals surface area contributed by atoms with E-state index < -0.39 is 5.60 Å². The third kappa shape index (κ3) is 4.54. The molecule has 17 heavy (non-hydrogen) atoms. The van der Waals surface area contributed by atoms with Gasteiger partial charge in [-0.2, -0.15) is 0 Å². The van der Waals surface area contributed by atoms with Gasteiger partial charge >= 0.3 is 6.09 Å². The van der Waals surface area contributed by atoms with E-state index in [0.717, 1.165) is 19.4 Å². The highest BCUT2D eigenvalue weighted by Gasteiger charge is 2.33. The van der Waals surface area contributed by atoms with Crippen LogP contribution in [0.25, 0.3) is 0 Å². The maximum atomic E-state index is 11.9. The first-order chi connectivity index (χ1) is 7.59. The second-order valence-corrected chi connectivity index (χ2v) is 6.59. The van der Waals surface area contributed by atoms with Crippen molar-refractivity contribution in [3.63, 3.8) is 0 Å². The summed E-state index contributed by atoms with van der Waals surface area (Å²) in [5.74, 6) is 0.351. The number of nitrogens with zero attached hydrogens (tertiary/aromatic N) is 1. The first-order valence-electron chi connectivity index (χ1n) is 6.36. The van der Waals surface area contributed by atoms with E-state index >= 15 is 0 Å². The molecule has 0 aliphatic carbocycles. The molecule has 1 heterocycles. The van der Waals surface area contributed by atoms with Crippen molar-refractivity contribution in [2.45, 2.75) is 58.6 Å². The smallest absolute Gasteiger partial charge is 0.410 e. The lowest BCUT2D eigenvalue weighted by molar-refractivity contribution is 0.0128. The van der Waals surface area contributed by atoms with Gasteiger partial charge in [0.15, 0.2) is 0 Å². The zero-order chi connectivity index (χ0) is 13.3. The lowest BCUT2D eigenvalue weighted by Gasteiger charge is -2.39. The van der Waals surface area contributed by atoms with Crippen LogP contribution in [-0.2, 0) is 4.74 Å². The Morgan fingerprint density at radius 2 is 1.88 bits per heavy atom. The molecule has 2 N–H and O–H groups in total. The fourth-order valence-electron chi connectivity index (χ4n) is 2.08. The van der Waals surface area contributed by atoms with Crippen LogP contribution in [0, 0.1) is 5.92 Å². The molecular weight excluding hydrogens is 216 g/mol. The van der Waals surface area contributed by atoms with Crippen LogP contribution in [0.15, 0.2) is 0 Å². The number of piperidine rings is 1. The third-order valence-electron chi connectivity index (χ3n) is 3.13. The molecule has 1 aliphatic heterocycles. The molecule has 1 fully saturated rings. The van der Waals surface area contributed by atoms with Crippen LogP contribution in [-0.4, -0.2) is 35.2 Å². The Balaban J connectivity index is 2.58. The zero-order valence-electron chi connectivity index (χ0n) is 11.7. The summed E-state index contributed by atoms with van der Waals surface area (Å²) < 4.78 is 5.38. The quantitative estimate of drug-likeness (QED) is 0.768. The monoisotopic (exact) mass is 242 g/mol. The normalized spacial score (nSPS) is 22.5. The largest absolute Gasteiger partial charge is 0.444 e. The van der Waals surface area contributed by atoms with Gasteiger partial charge in [-0.05, 0) is 53.4 Å². The van der Waals surface area contributed by atoms with Crippen LogP contribution >= 0.6 is 0 Å². The molecule has 1 aliphatic rings. The minimum absolute atomic E-state index is 0.216. The molecule has 1 rings (SSSR count). The maximum absolute atomic E-state index is 11.9. The van der Waals surface area contributed by atoms with Gasteiger partial charge in [0, 0.05) is 18.6 Å². The minimum atomic E-state index is -0.428. The van der Waals surface area contributed by atoms with Gasteiger partial charge in [-0.25, -0.2) is 4.79 Å². The van der Waals surface area contributed by atoms with E-state index in [1.165, 1.54) is 0 Å². The lowest BCUT2D eigenvalue weighted by Crippen LogP contribution is -2.51. The van der Waals surface area contributed by atoms with E-state index in [0.29, 0.717) is 12.5 Å². The van der Waals surface area contributed by atoms with Crippen LogP contribution in [0.3, 0.4) is 0 Å². The van der Waals surface area contributed by atoms with Crippen molar-refractivity contribution in [3.8, 4) is 0 Å². The number of nitrogens with two attached hydrogens (primary N) is 1. The fraction of sp³-hybridized carbons (Fsp3) is 0.923. The topological polar surface area (TPSA) is 55.6 Å². The van der Waals surface area contributed by atoms with Crippen LogP contribution < -0.4 is 5.73 Å². The van der Waals surface area contributed by atoms with Crippen molar-refractivity contribution in [1.29, 1.82) is 0 Å². The van der Waals surface area contributed by atoms with Gasteiger partial charge in [-0.3, -0.25) is 0 Å². The maximum Gasteiger partial charge on any atom is 0.410 e. The van der Waals surface area contributed by atoms with Gasteiger partial charge in [0.05, 0.1) is 0 Å². The average Bonchev–Trinajstić information content (AvgIpc) is 2.14. The number of hydrogen-bond acceptors (Lipinski definition) is 3. The van der Waals surface area contributed by atoms with Gasteiger partial charge in [0.2, 0.25) is 0 Å². The van der Waals surface area contributed by atoms with E-state index in [9.17, 15) is 4.79 Å². The van der Waals surface area contributed by atoms with Gasteiger partial charge in [-0.1, -0.05) is 0 Å². The first-order valence-corrected chi connectivity index (χ1v) is 6.36. The summed E-state index contributed by atoms with van der Waals surface area (Å²) in [4.78, 5) is 13.7. The van der Waals surface area contributed by atoms with Crippen molar-refractivity contribution in [3.05, 3.63) is 0 Å². The summed E-state index contributed by atoms with van der Waals surface area (Å²) in [7, 11) is 0. The van der Waals surface area contributed by atoms with Gasteiger partial charge in [-0.15, -0.1) is 0 Å². The Bertz CT molecular complexity index is 276. The first kappa shape index (κ1) is 14.3. The predicted molar refractivity (Wildman–Crippen MR) is 68.8 cm³/mol. The van der Waals surface area contributed by atoms with Crippen LogP contribution in [0.2, 0.25) is 0 Å². The number of amides is 1. The highest BCUT2D eigenvalue weighted by molar-refractivity contribution is 5.68. The molecule has 0 saturated carbocycles. The van der Waals surface area contributed by atoms with Crippen molar-refractivity contribution in [1.82, 2.24) is 4.90 Å². The minimum Gasteiger partial charge on any atom is -0.444 e. The highest BCUT2D eigenvalue weighted by atomic mass is 16.6. The van der Waals surface area contributed by atoms with Crippen LogP contribution in [0.1, 0.15) is 47.5 Å². The summed E-state index contributed by atoms with van der Waals surface area (Å²) in [6.07, 6.45) is 1.87. The Kier molecular flexibility index (Phi) is 4.07. The summed E-state index contributed by atoms with van der Waals surface area (Å²) in [6, 6.07) is 0. The van der Waals surface area contributed by atoms with Gasteiger partial charge in [0.25, 0.3) is 0 Å². The molecule has 0 aromatic rings. The molecule has 100 valence electrons. The van der Waals surface area contributed by atoms with Gasteiger partial charge in [0.1, 0.15) is 5.60 Å². The summed E-state index contributed by atoms with van der Waals surface area (Å²) in [5, 5.41) is 0. The highest BCUT2D eigenvalue weighted by Crippen LogP contribution is 2.26. The van der Waals surface area contributed by atoms with Crippen LogP contribution in [0.5, 0.6) is 0 Å². The van der Waals surface area contributed by atoms with Crippen molar-refractivity contribution >= 4 is 6.09 Å². The van der Waals surface area contributed by atoms with E-state index in [1.54, 1.807) is 4.90 Å². The molecule has 0 bridgehead atoms. The second kappa shape index (κ2) is 4.84. The molecule has 0 aromatic carbocycles. The van der Waals surface area contributed by atoms with E-state index in [-0.39, 0.29) is 11.6 Å². The molecule has 4 nitrogen and oxygen atoms in total. The molecule has 1 amide bonds. The number of carbonyl (C=O) groups excluding carboxylic acids is 1. The molecular formula is C13H26N2O2. The van der Waals surface area contributed by atoms with E-state index in [2.05, 4.69) is 0 Å². The van der Waals surface area contributed by atoms with Gasteiger partial charge < -0.3 is 15.4 Å². The standard InChI is InChI=1S/C13H26N2O2/c1-12(2,3)17-11(16)15-8-6-7-10(9-15)13(4,5)14/h10H,6-9,14H2,1-5H3. The SMILES string of the molecule is CC(C)(C)OC(=O)N1CCCC(C(C)(C)N)C1. The van der Waals surface area contributed by atoms with Crippen molar-refractivity contribution in [2.75, 3.05) is 13.1 Å². The summed E-state index contributed by atoms with van der Waals surface area (Å²) >= 11 is 0. The Morgan fingerprint density at radius 1 is 1.29 bits per heavy atom. The molecule has 4 heteroatoms. The predicted octanol–water partition coefficient (Wildman–Crippen LogP) is 2.37. The average molecular weight is 242 g/mol. The Morgan fingerprint density at radius 3 is 2.35 bits per heavy atom. The molecule has 1 saturated heterocycles. The number of hydrogen-bond donors (Lipinski definition) is 1. The molecule has 0 radical (unpaired) electrons. The second-order valence-electron chi connectivity index (χ2n) is 6.59.